The first-order valence-electron chi connectivity index (χ1n) is 7.80. The Hall–Kier alpha value is -2.51. The summed E-state index contributed by atoms with van der Waals surface area (Å²) in [6.07, 6.45) is 3.31. The number of halogens is 1. The number of furan rings is 1. The van der Waals surface area contributed by atoms with E-state index in [1.54, 1.807) is 23.1 Å². The predicted octanol–water partition coefficient (Wildman–Crippen LogP) is 2.59. The first-order chi connectivity index (χ1) is 11.8. The molecule has 2 aromatic heterocycles. The number of benzene rings is 1. The van der Waals surface area contributed by atoms with Crippen molar-refractivity contribution in [1.29, 1.82) is 0 Å². The zero-order chi connectivity index (χ0) is 16.4. The molecule has 1 aliphatic rings. The summed E-state index contributed by atoms with van der Waals surface area (Å²) in [5.41, 5.74) is 1.73. The van der Waals surface area contributed by atoms with E-state index in [2.05, 4.69) is 15.2 Å². The zero-order valence-electron chi connectivity index (χ0n) is 13.0. The van der Waals surface area contributed by atoms with Gasteiger partial charge in [0.2, 0.25) is 0 Å². The molecule has 0 amide bonds. The third-order valence-corrected chi connectivity index (χ3v) is 3.99. The van der Waals surface area contributed by atoms with E-state index in [-0.39, 0.29) is 12.0 Å². The van der Waals surface area contributed by atoms with E-state index in [1.807, 2.05) is 18.3 Å². The molecule has 24 heavy (non-hydrogen) atoms. The Morgan fingerprint density at radius 3 is 2.83 bits per heavy atom. The third kappa shape index (κ3) is 3.22. The van der Waals surface area contributed by atoms with Crippen LogP contribution >= 0.6 is 0 Å². The predicted molar refractivity (Wildman–Crippen MR) is 83.3 cm³/mol. The fourth-order valence-corrected chi connectivity index (χ4v) is 2.82. The number of aromatic nitrogens is 3. The van der Waals surface area contributed by atoms with Gasteiger partial charge in [0.05, 0.1) is 32.2 Å². The van der Waals surface area contributed by atoms with Crippen LogP contribution in [-0.4, -0.2) is 33.0 Å². The van der Waals surface area contributed by atoms with Crippen LogP contribution in [0, 0.1) is 5.82 Å². The van der Waals surface area contributed by atoms with Gasteiger partial charge >= 0.3 is 0 Å². The van der Waals surface area contributed by atoms with Gasteiger partial charge in [0.25, 0.3) is 0 Å². The van der Waals surface area contributed by atoms with Crippen LogP contribution in [0.4, 0.5) is 4.39 Å². The van der Waals surface area contributed by atoms with Crippen molar-refractivity contribution in [1.82, 2.24) is 19.9 Å². The maximum absolute atomic E-state index is 13.0. The molecule has 7 heteroatoms. The number of hydrogen-bond acceptors (Lipinski definition) is 5. The summed E-state index contributed by atoms with van der Waals surface area (Å²) in [6, 6.07) is 10.2. The number of hydrogen-bond donors (Lipinski definition) is 0. The highest BCUT2D eigenvalue weighted by Gasteiger charge is 2.29. The van der Waals surface area contributed by atoms with Gasteiger partial charge < -0.3 is 9.15 Å². The van der Waals surface area contributed by atoms with Crippen molar-refractivity contribution >= 4 is 0 Å². The molecule has 0 N–H and O–H groups in total. The van der Waals surface area contributed by atoms with Crippen molar-refractivity contribution < 1.29 is 13.5 Å². The molecular weight excluding hydrogens is 311 g/mol. The number of ether oxygens (including phenoxy) is 1. The molecule has 3 aromatic rings. The SMILES string of the molecule is Fc1ccc(Cn2cc([C@H]3OCCN3Cc3ccco3)nn2)cc1. The van der Waals surface area contributed by atoms with Crippen LogP contribution in [0.25, 0.3) is 0 Å². The van der Waals surface area contributed by atoms with E-state index in [4.69, 9.17) is 9.15 Å². The average molecular weight is 328 g/mol. The van der Waals surface area contributed by atoms with Gasteiger partial charge in [-0.1, -0.05) is 17.3 Å². The monoisotopic (exact) mass is 328 g/mol. The lowest BCUT2D eigenvalue weighted by molar-refractivity contribution is 0.0223. The standard InChI is InChI=1S/C17H17FN4O2/c18-14-5-3-13(4-6-14)10-22-12-16(19-20-22)17-21(7-9-24-17)11-15-2-1-8-23-15/h1-6,8,12,17H,7,9-11H2/t17-/m1/s1. The molecular formula is C17H17FN4O2. The Bertz CT molecular complexity index is 785. The molecule has 124 valence electrons. The number of rotatable bonds is 5. The summed E-state index contributed by atoms with van der Waals surface area (Å²) in [6.45, 7) is 2.67. The van der Waals surface area contributed by atoms with Crippen LogP contribution in [0.5, 0.6) is 0 Å². The largest absolute Gasteiger partial charge is 0.468 e. The maximum atomic E-state index is 13.0. The van der Waals surface area contributed by atoms with Crippen molar-refractivity contribution in [2.45, 2.75) is 19.3 Å². The second kappa shape index (κ2) is 6.54. The molecule has 1 atom stereocenters. The molecule has 0 radical (unpaired) electrons. The van der Waals surface area contributed by atoms with Gasteiger partial charge in [-0.3, -0.25) is 4.90 Å². The van der Waals surface area contributed by atoms with Crippen LogP contribution in [0.1, 0.15) is 23.2 Å². The van der Waals surface area contributed by atoms with Gasteiger partial charge in [0.15, 0.2) is 6.23 Å². The van der Waals surface area contributed by atoms with Crippen molar-refractivity contribution in [2.75, 3.05) is 13.2 Å². The smallest absolute Gasteiger partial charge is 0.157 e. The molecule has 1 aromatic carbocycles. The van der Waals surface area contributed by atoms with Crippen LogP contribution in [0.3, 0.4) is 0 Å². The molecule has 0 bridgehead atoms. The highest BCUT2D eigenvalue weighted by atomic mass is 19.1. The minimum Gasteiger partial charge on any atom is -0.468 e. The van der Waals surface area contributed by atoms with Gasteiger partial charge in [-0.2, -0.15) is 0 Å². The van der Waals surface area contributed by atoms with E-state index in [9.17, 15) is 4.39 Å². The Morgan fingerprint density at radius 1 is 1.17 bits per heavy atom. The van der Waals surface area contributed by atoms with Crippen LogP contribution < -0.4 is 0 Å². The number of nitrogens with zero attached hydrogens (tertiary/aromatic N) is 4. The molecule has 0 aliphatic carbocycles. The summed E-state index contributed by atoms with van der Waals surface area (Å²) in [5, 5.41) is 8.39. The maximum Gasteiger partial charge on any atom is 0.157 e. The topological polar surface area (TPSA) is 56.3 Å². The molecule has 0 unspecified atom stereocenters. The molecule has 4 rings (SSSR count). The van der Waals surface area contributed by atoms with Crippen molar-refractivity contribution in [3.63, 3.8) is 0 Å². The van der Waals surface area contributed by atoms with E-state index in [0.29, 0.717) is 19.7 Å². The summed E-state index contributed by atoms with van der Waals surface area (Å²) in [4.78, 5) is 2.16. The van der Waals surface area contributed by atoms with Crippen molar-refractivity contribution in [3.05, 3.63) is 71.7 Å². The first kappa shape index (κ1) is 15.0. The van der Waals surface area contributed by atoms with Crippen molar-refractivity contribution in [3.8, 4) is 0 Å². The summed E-state index contributed by atoms with van der Waals surface area (Å²) >= 11 is 0. The molecule has 6 nitrogen and oxygen atoms in total. The Kier molecular flexibility index (Phi) is 4.10. The average Bonchev–Trinajstić information content (AvgIpc) is 3.32. The van der Waals surface area contributed by atoms with Crippen molar-refractivity contribution in [2.24, 2.45) is 0 Å². The molecule has 0 spiro atoms. The van der Waals surface area contributed by atoms with Gasteiger partial charge in [-0.05, 0) is 29.8 Å². The summed E-state index contributed by atoms with van der Waals surface area (Å²) in [7, 11) is 0. The molecule has 1 aliphatic heterocycles. The quantitative estimate of drug-likeness (QED) is 0.720. The fraction of sp³-hybridized carbons (Fsp3) is 0.294. The van der Waals surface area contributed by atoms with Gasteiger partial charge in [-0.25, -0.2) is 9.07 Å². The Balaban J connectivity index is 1.46. The van der Waals surface area contributed by atoms with Gasteiger partial charge in [0, 0.05) is 6.54 Å². The second-order valence-corrected chi connectivity index (χ2v) is 5.74. The summed E-state index contributed by atoms with van der Waals surface area (Å²) in [5.74, 6) is 0.648. The molecule has 1 saturated heterocycles. The minimum absolute atomic E-state index is 0.225. The molecule has 3 heterocycles. The minimum atomic E-state index is -0.244. The second-order valence-electron chi connectivity index (χ2n) is 5.74. The zero-order valence-corrected chi connectivity index (χ0v) is 13.0. The van der Waals surface area contributed by atoms with Gasteiger partial charge in [0.1, 0.15) is 17.3 Å². The lowest BCUT2D eigenvalue weighted by atomic mass is 10.2. The molecule has 0 saturated carbocycles. The highest BCUT2D eigenvalue weighted by molar-refractivity contribution is 5.16. The normalized spacial score (nSPS) is 18.3. The Morgan fingerprint density at radius 2 is 2.04 bits per heavy atom. The lowest BCUT2D eigenvalue weighted by Crippen LogP contribution is -2.23. The Labute approximate surface area is 138 Å². The fourth-order valence-electron chi connectivity index (χ4n) is 2.82. The van der Waals surface area contributed by atoms with E-state index >= 15 is 0 Å². The molecule has 1 fully saturated rings. The highest BCUT2D eigenvalue weighted by Crippen LogP contribution is 2.27. The summed E-state index contributed by atoms with van der Waals surface area (Å²) < 4.78 is 25.9. The van der Waals surface area contributed by atoms with Crippen LogP contribution in [0.15, 0.2) is 53.3 Å². The van der Waals surface area contributed by atoms with E-state index in [1.165, 1.54) is 12.1 Å². The van der Waals surface area contributed by atoms with Crippen LogP contribution in [0.2, 0.25) is 0 Å². The lowest BCUT2D eigenvalue weighted by Gasteiger charge is -2.19. The van der Waals surface area contributed by atoms with E-state index in [0.717, 1.165) is 23.6 Å². The van der Waals surface area contributed by atoms with Gasteiger partial charge in [-0.15, -0.1) is 5.10 Å². The van der Waals surface area contributed by atoms with Crippen LogP contribution in [-0.2, 0) is 17.8 Å². The first-order valence-corrected chi connectivity index (χ1v) is 7.80. The van der Waals surface area contributed by atoms with E-state index < -0.39 is 0 Å². The third-order valence-electron chi connectivity index (χ3n) is 3.99.